The molecule has 0 bridgehead atoms. The molecule has 0 aliphatic carbocycles. The fraction of sp³-hybridized carbons (Fsp3) is 0.529. The number of hydrogen-bond acceptors (Lipinski definition) is 4. The second-order valence-corrected chi connectivity index (χ2v) is 6.28. The van der Waals surface area contributed by atoms with Crippen molar-refractivity contribution in [2.24, 2.45) is 0 Å². The number of hydrogen-bond donors (Lipinski definition) is 0. The van der Waals surface area contributed by atoms with Crippen LogP contribution in [0.25, 0.3) is 0 Å². The first-order valence-corrected chi connectivity index (χ1v) is 8.59. The second-order valence-electron chi connectivity index (χ2n) is 6.28. The van der Waals surface area contributed by atoms with Crippen LogP contribution in [0.2, 0.25) is 0 Å². The smallest absolute Gasteiger partial charge is 0.289 e. The molecule has 2 aromatic rings. The summed E-state index contributed by atoms with van der Waals surface area (Å²) in [5.41, 5.74) is 2.23. The van der Waals surface area contributed by atoms with Gasteiger partial charge in [0.1, 0.15) is 5.69 Å². The van der Waals surface area contributed by atoms with Crippen LogP contribution in [-0.4, -0.2) is 61.1 Å². The lowest BCUT2D eigenvalue weighted by Crippen LogP contribution is -2.40. The number of rotatable bonds is 5. The van der Waals surface area contributed by atoms with Crippen LogP contribution in [0.3, 0.4) is 0 Å². The van der Waals surface area contributed by atoms with Gasteiger partial charge in [-0.2, -0.15) is 5.10 Å². The molecular weight excluding hydrogens is 320 g/mol. The molecule has 3 heterocycles. The molecule has 2 amide bonds. The predicted molar refractivity (Wildman–Crippen MR) is 92.2 cm³/mol. The topological polar surface area (TPSA) is 76.3 Å². The quantitative estimate of drug-likeness (QED) is 0.815. The maximum absolute atomic E-state index is 12.7. The molecule has 8 heteroatoms. The molecule has 134 valence electrons. The van der Waals surface area contributed by atoms with Crippen molar-refractivity contribution in [1.29, 1.82) is 0 Å². The number of nitrogens with zero attached hydrogens (tertiary/aromatic N) is 6. The molecule has 0 N–H and O–H groups in total. The Morgan fingerprint density at radius 2 is 2.00 bits per heavy atom. The minimum atomic E-state index is -0.193. The lowest BCUT2D eigenvalue weighted by molar-refractivity contribution is 0.0707. The first-order chi connectivity index (χ1) is 11.9. The molecule has 1 aliphatic heterocycles. The molecule has 2 aromatic heterocycles. The van der Waals surface area contributed by atoms with Gasteiger partial charge in [-0.25, -0.2) is 4.98 Å². The van der Waals surface area contributed by atoms with Crippen LogP contribution in [0.1, 0.15) is 46.2 Å². The van der Waals surface area contributed by atoms with E-state index < -0.39 is 0 Å². The number of likely N-dealkylation sites (N-methyl/N-ethyl adjacent to an activating group) is 1. The fourth-order valence-electron chi connectivity index (χ4n) is 3.03. The Labute approximate surface area is 147 Å². The molecular formula is C17H24N6O2. The first kappa shape index (κ1) is 17.2. The van der Waals surface area contributed by atoms with Crippen molar-refractivity contribution in [3.05, 3.63) is 35.2 Å². The van der Waals surface area contributed by atoms with E-state index in [1.807, 2.05) is 31.6 Å². The fourth-order valence-corrected chi connectivity index (χ4v) is 3.03. The summed E-state index contributed by atoms with van der Waals surface area (Å²) >= 11 is 0. The summed E-state index contributed by atoms with van der Waals surface area (Å²) in [6, 6.07) is 0. The predicted octanol–water partition coefficient (Wildman–Crippen LogP) is 1.16. The average molecular weight is 344 g/mol. The van der Waals surface area contributed by atoms with Crippen LogP contribution in [0.5, 0.6) is 0 Å². The Bertz CT molecular complexity index is 806. The van der Waals surface area contributed by atoms with Gasteiger partial charge in [-0.1, -0.05) is 0 Å². The Hall–Kier alpha value is -2.64. The maximum Gasteiger partial charge on any atom is 0.289 e. The number of imidazole rings is 1. The van der Waals surface area contributed by atoms with E-state index in [9.17, 15) is 9.59 Å². The number of amides is 2. The molecule has 3 rings (SSSR count). The minimum Gasteiger partial charge on any atom is -0.336 e. The van der Waals surface area contributed by atoms with Gasteiger partial charge < -0.3 is 14.4 Å². The summed E-state index contributed by atoms with van der Waals surface area (Å²) in [5, 5.41) is 4.40. The lowest BCUT2D eigenvalue weighted by Gasteiger charge is -2.25. The minimum absolute atomic E-state index is 0.115. The van der Waals surface area contributed by atoms with Crippen LogP contribution in [0.4, 0.5) is 0 Å². The summed E-state index contributed by atoms with van der Waals surface area (Å²) in [5.74, 6) is 0.0387. The standard InChI is InChI=1S/C17H24N6O2/c1-5-21-7-8-22-11-14(18-15(22)17(21)25)16(24)20(4)9-13-10-23(6-2)19-12(13)3/h10-11H,5-9H2,1-4H3. The highest BCUT2D eigenvalue weighted by atomic mass is 16.2. The van der Waals surface area contributed by atoms with E-state index >= 15 is 0 Å². The van der Waals surface area contributed by atoms with Gasteiger partial charge in [0.25, 0.3) is 11.8 Å². The van der Waals surface area contributed by atoms with Crippen LogP contribution in [0.15, 0.2) is 12.4 Å². The first-order valence-electron chi connectivity index (χ1n) is 8.59. The van der Waals surface area contributed by atoms with Gasteiger partial charge in [0, 0.05) is 57.7 Å². The third-order valence-electron chi connectivity index (χ3n) is 4.59. The normalized spacial score (nSPS) is 13.9. The number of carbonyl (C=O) groups excluding carboxylic acids is 2. The van der Waals surface area contributed by atoms with E-state index in [0.717, 1.165) is 17.8 Å². The third-order valence-corrected chi connectivity index (χ3v) is 4.59. The lowest BCUT2D eigenvalue weighted by atomic mass is 10.2. The van der Waals surface area contributed by atoms with E-state index in [4.69, 9.17) is 0 Å². The van der Waals surface area contributed by atoms with Crippen molar-refractivity contribution < 1.29 is 9.59 Å². The monoisotopic (exact) mass is 344 g/mol. The van der Waals surface area contributed by atoms with Gasteiger partial charge in [-0.15, -0.1) is 0 Å². The van der Waals surface area contributed by atoms with E-state index in [1.165, 1.54) is 0 Å². The summed E-state index contributed by atoms with van der Waals surface area (Å²) in [4.78, 5) is 32.7. The van der Waals surface area contributed by atoms with Crippen LogP contribution in [0, 0.1) is 6.92 Å². The molecule has 8 nitrogen and oxygen atoms in total. The van der Waals surface area contributed by atoms with Crippen molar-refractivity contribution in [3.8, 4) is 0 Å². The van der Waals surface area contributed by atoms with Crippen molar-refractivity contribution in [2.75, 3.05) is 20.1 Å². The van der Waals surface area contributed by atoms with Crippen molar-refractivity contribution in [1.82, 2.24) is 29.1 Å². The molecule has 0 radical (unpaired) electrons. The number of aryl methyl sites for hydroxylation is 2. The van der Waals surface area contributed by atoms with E-state index in [1.54, 1.807) is 27.6 Å². The van der Waals surface area contributed by atoms with Gasteiger partial charge in [0.2, 0.25) is 0 Å². The molecule has 0 fully saturated rings. The molecule has 0 unspecified atom stereocenters. The van der Waals surface area contributed by atoms with Crippen LogP contribution in [-0.2, 0) is 19.6 Å². The summed E-state index contributed by atoms with van der Waals surface area (Å²) in [7, 11) is 1.74. The highest BCUT2D eigenvalue weighted by molar-refractivity contribution is 5.96. The zero-order chi connectivity index (χ0) is 18.1. The second kappa shape index (κ2) is 6.70. The maximum atomic E-state index is 12.7. The van der Waals surface area contributed by atoms with Gasteiger partial charge in [0.05, 0.1) is 5.69 Å². The van der Waals surface area contributed by atoms with E-state index in [2.05, 4.69) is 10.1 Å². The Balaban J connectivity index is 1.77. The molecule has 25 heavy (non-hydrogen) atoms. The van der Waals surface area contributed by atoms with Crippen molar-refractivity contribution in [3.63, 3.8) is 0 Å². The largest absolute Gasteiger partial charge is 0.336 e. The Morgan fingerprint density at radius 3 is 2.64 bits per heavy atom. The van der Waals surface area contributed by atoms with E-state index in [0.29, 0.717) is 37.7 Å². The highest BCUT2D eigenvalue weighted by Crippen LogP contribution is 2.15. The SMILES string of the molecule is CCN1CCn2cc(C(=O)N(C)Cc3cn(CC)nc3C)nc2C1=O. The zero-order valence-electron chi connectivity index (χ0n) is 15.2. The van der Waals surface area contributed by atoms with Crippen molar-refractivity contribution >= 4 is 11.8 Å². The van der Waals surface area contributed by atoms with Gasteiger partial charge in [-0.05, 0) is 20.8 Å². The molecule has 1 aliphatic rings. The number of aromatic nitrogens is 4. The van der Waals surface area contributed by atoms with Crippen molar-refractivity contribution in [2.45, 2.75) is 40.4 Å². The zero-order valence-corrected chi connectivity index (χ0v) is 15.2. The molecule has 0 saturated carbocycles. The Kier molecular flexibility index (Phi) is 4.61. The number of fused-ring (bicyclic) bond motifs is 1. The Morgan fingerprint density at radius 1 is 1.24 bits per heavy atom. The highest BCUT2D eigenvalue weighted by Gasteiger charge is 2.28. The summed E-state index contributed by atoms with van der Waals surface area (Å²) in [6.45, 7) is 9.12. The van der Waals surface area contributed by atoms with Gasteiger partial charge in [-0.3, -0.25) is 14.3 Å². The summed E-state index contributed by atoms with van der Waals surface area (Å²) in [6.07, 6.45) is 3.64. The molecule has 0 atom stereocenters. The third kappa shape index (κ3) is 3.16. The molecule has 0 saturated heterocycles. The van der Waals surface area contributed by atoms with Crippen LogP contribution >= 0.6 is 0 Å². The molecule has 0 spiro atoms. The van der Waals surface area contributed by atoms with E-state index in [-0.39, 0.29) is 11.8 Å². The van der Waals surface area contributed by atoms with Gasteiger partial charge >= 0.3 is 0 Å². The van der Waals surface area contributed by atoms with Gasteiger partial charge in [0.15, 0.2) is 5.82 Å². The van der Waals surface area contributed by atoms with Crippen LogP contribution < -0.4 is 0 Å². The average Bonchev–Trinajstić information content (AvgIpc) is 3.19. The number of carbonyl (C=O) groups is 2. The summed E-state index contributed by atoms with van der Waals surface area (Å²) < 4.78 is 3.63. The molecule has 0 aromatic carbocycles.